The predicted molar refractivity (Wildman–Crippen MR) is 80.5 cm³/mol. The van der Waals surface area contributed by atoms with Gasteiger partial charge in [0.2, 0.25) is 0 Å². The first-order valence-corrected chi connectivity index (χ1v) is 8.12. The van der Waals surface area contributed by atoms with E-state index in [1.807, 2.05) is 0 Å². The number of hydrogen-bond donors (Lipinski definition) is 2. The van der Waals surface area contributed by atoms with Gasteiger partial charge in [0.15, 0.2) is 0 Å². The van der Waals surface area contributed by atoms with Crippen molar-refractivity contribution in [3.8, 4) is 0 Å². The van der Waals surface area contributed by atoms with E-state index >= 15 is 0 Å². The number of rotatable bonds is 5. The third-order valence-electron chi connectivity index (χ3n) is 2.62. The number of hydrogen-bond acceptors (Lipinski definition) is 3. The van der Waals surface area contributed by atoms with Crippen LogP contribution in [0.1, 0.15) is 22.8 Å². The van der Waals surface area contributed by atoms with Crippen LogP contribution in [0.25, 0.3) is 0 Å². The number of aliphatic hydroxyl groups is 1. The van der Waals surface area contributed by atoms with Crippen molar-refractivity contribution in [2.24, 2.45) is 0 Å². The van der Waals surface area contributed by atoms with Crippen LogP contribution in [0.15, 0.2) is 22.7 Å². The molecule has 2 N–H and O–H groups in total. The lowest BCUT2D eigenvalue weighted by atomic mass is 10.1. The first-order valence-electron chi connectivity index (χ1n) is 5.93. The zero-order chi connectivity index (χ0) is 16.3. The maximum atomic E-state index is 12.6. The number of carbonyl (C=O) groups is 1. The summed E-state index contributed by atoms with van der Waals surface area (Å²) in [5, 5.41) is 12.4. The number of carbonyl (C=O) groups excluding carboxylic acids is 1. The number of amides is 1. The third kappa shape index (κ3) is 5.52. The highest BCUT2D eigenvalue weighted by molar-refractivity contribution is 9.10. The van der Waals surface area contributed by atoms with Gasteiger partial charge in [0.1, 0.15) is 0 Å². The average molecular weight is 386 g/mol. The normalized spacial score (nSPS) is 14.6. The molecular formula is C13H15BrF3NO2S. The molecule has 0 saturated heterocycles. The van der Waals surface area contributed by atoms with E-state index in [4.69, 9.17) is 0 Å². The summed E-state index contributed by atoms with van der Waals surface area (Å²) >= 11 is 4.46. The summed E-state index contributed by atoms with van der Waals surface area (Å²) in [6.45, 7) is 1.50. The maximum Gasteiger partial charge on any atom is 0.416 e. The minimum absolute atomic E-state index is 0.0463. The van der Waals surface area contributed by atoms with Crippen LogP contribution in [0.4, 0.5) is 13.2 Å². The summed E-state index contributed by atoms with van der Waals surface area (Å²) < 4.78 is 38.2. The second-order valence-corrected chi connectivity index (χ2v) is 6.53. The van der Waals surface area contributed by atoms with Crippen molar-refractivity contribution in [2.45, 2.75) is 18.7 Å². The zero-order valence-corrected chi connectivity index (χ0v) is 13.8. The molecule has 118 valence electrons. The van der Waals surface area contributed by atoms with Gasteiger partial charge in [-0.2, -0.15) is 24.9 Å². The minimum atomic E-state index is -4.51. The summed E-state index contributed by atoms with van der Waals surface area (Å²) in [4.78, 5) is 12.0. The summed E-state index contributed by atoms with van der Waals surface area (Å²) in [5.41, 5.74) is -2.14. The lowest BCUT2D eigenvalue weighted by molar-refractivity contribution is -0.137. The molecule has 0 spiro atoms. The van der Waals surface area contributed by atoms with Crippen molar-refractivity contribution in [1.29, 1.82) is 0 Å². The predicted octanol–water partition coefficient (Wildman–Crippen LogP) is 3.31. The van der Waals surface area contributed by atoms with Gasteiger partial charge >= 0.3 is 6.18 Å². The summed E-state index contributed by atoms with van der Waals surface area (Å²) in [5.74, 6) is -0.272. The third-order valence-corrected chi connectivity index (χ3v) is 4.23. The van der Waals surface area contributed by atoms with Crippen molar-refractivity contribution >= 4 is 33.6 Å². The monoisotopic (exact) mass is 385 g/mol. The highest BCUT2D eigenvalue weighted by atomic mass is 79.9. The van der Waals surface area contributed by atoms with Crippen LogP contribution in [0, 0.1) is 0 Å². The van der Waals surface area contributed by atoms with E-state index in [-0.39, 0.29) is 16.6 Å². The van der Waals surface area contributed by atoms with Gasteiger partial charge in [-0.15, -0.1) is 0 Å². The number of halogens is 4. The molecular weight excluding hydrogens is 371 g/mol. The summed E-state index contributed by atoms with van der Waals surface area (Å²) in [7, 11) is 0. The van der Waals surface area contributed by atoms with Crippen molar-refractivity contribution in [3.63, 3.8) is 0 Å². The van der Waals surface area contributed by atoms with E-state index < -0.39 is 23.2 Å². The average Bonchev–Trinajstić information content (AvgIpc) is 2.35. The zero-order valence-electron chi connectivity index (χ0n) is 11.4. The Bertz CT molecular complexity index is 521. The van der Waals surface area contributed by atoms with Gasteiger partial charge in [0, 0.05) is 16.8 Å². The molecule has 0 aliphatic carbocycles. The van der Waals surface area contributed by atoms with Crippen molar-refractivity contribution in [2.75, 3.05) is 18.6 Å². The molecule has 1 amide bonds. The van der Waals surface area contributed by atoms with Crippen molar-refractivity contribution < 1.29 is 23.1 Å². The van der Waals surface area contributed by atoms with Gasteiger partial charge in [0.25, 0.3) is 5.91 Å². The van der Waals surface area contributed by atoms with Crippen molar-refractivity contribution in [1.82, 2.24) is 5.32 Å². The molecule has 0 bridgehead atoms. The van der Waals surface area contributed by atoms with Crippen LogP contribution in [-0.2, 0) is 6.18 Å². The van der Waals surface area contributed by atoms with Gasteiger partial charge in [-0.3, -0.25) is 4.79 Å². The van der Waals surface area contributed by atoms with Crippen LogP contribution < -0.4 is 5.32 Å². The molecule has 3 nitrogen and oxygen atoms in total. The molecule has 0 fully saturated rings. The standard InChI is InChI=1S/C13H15BrF3NO2S/c1-12(20,7-21-2)6-18-11(19)9-5-8(13(15,16)17)3-4-10(9)14/h3-5,20H,6-7H2,1-2H3,(H,18,19). The topological polar surface area (TPSA) is 49.3 Å². The van der Waals surface area contributed by atoms with Gasteiger partial charge in [-0.1, -0.05) is 0 Å². The quantitative estimate of drug-likeness (QED) is 0.817. The first-order chi connectivity index (χ1) is 9.57. The molecule has 21 heavy (non-hydrogen) atoms. The molecule has 0 heterocycles. The molecule has 1 atom stereocenters. The highest BCUT2D eigenvalue weighted by Crippen LogP contribution is 2.31. The summed E-state index contributed by atoms with van der Waals surface area (Å²) in [6, 6.07) is 2.85. The number of alkyl halides is 3. The highest BCUT2D eigenvalue weighted by Gasteiger charge is 2.31. The number of thioether (sulfide) groups is 1. The van der Waals surface area contributed by atoms with Gasteiger partial charge in [-0.25, -0.2) is 0 Å². The maximum absolute atomic E-state index is 12.6. The lowest BCUT2D eigenvalue weighted by Gasteiger charge is -2.22. The fourth-order valence-corrected chi connectivity index (χ4v) is 2.75. The lowest BCUT2D eigenvalue weighted by Crippen LogP contribution is -2.42. The molecule has 1 aromatic rings. The molecule has 1 rings (SSSR count). The molecule has 1 aromatic carbocycles. The van der Waals surface area contributed by atoms with E-state index in [0.717, 1.165) is 12.1 Å². The summed E-state index contributed by atoms with van der Waals surface area (Å²) in [6.07, 6.45) is -2.71. The van der Waals surface area contributed by atoms with Crippen LogP contribution in [-0.4, -0.2) is 35.2 Å². The fraction of sp³-hybridized carbons (Fsp3) is 0.462. The Hall–Kier alpha value is -0.730. The SMILES string of the molecule is CSCC(C)(O)CNC(=O)c1cc(C(F)(F)F)ccc1Br. The number of nitrogens with one attached hydrogen (secondary N) is 1. The molecule has 8 heteroatoms. The van der Waals surface area contributed by atoms with E-state index in [0.29, 0.717) is 5.75 Å². The Labute approximate surface area is 133 Å². The van der Waals surface area contributed by atoms with Crippen LogP contribution in [0.3, 0.4) is 0 Å². The minimum Gasteiger partial charge on any atom is -0.387 e. The van der Waals surface area contributed by atoms with Crippen molar-refractivity contribution in [3.05, 3.63) is 33.8 Å². The Morgan fingerprint density at radius 1 is 1.43 bits per heavy atom. The molecule has 0 aliphatic rings. The molecule has 0 radical (unpaired) electrons. The Morgan fingerprint density at radius 3 is 2.57 bits per heavy atom. The van der Waals surface area contributed by atoms with Crippen LogP contribution in [0.5, 0.6) is 0 Å². The van der Waals surface area contributed by atoms with E-state index in [9.17, 15) is 23.1 Å². The van der Waals surface area contributed by atoms with Gasteiger partial charge < -0.3 is 10.4 Å². The largest absolute Gasteiger partial charge is 0.416 e. The Balaban J connectivity index is 2.88. The number of benzene rings is 1. The molecule has 0 aliphatic heterocycles. The van der Waals surface area contributed by atoms with E-state index in [1.54, 1.807) is 13.2 Å². The first kappa shape index (κ1) is 18.3. The smallest absolute Gasteiger partial charge is 0.387 e. The second kappa shape index (κ2) is 7.02. The molecule has 0 aromatic heterocycles. The van der Waals surface area contributed by atoms with Gasteiger partial charge in [-0.05, 0) is 47.3 Å². The Kier molecular flexibility index (Phi) is 6.12. The van der Waals surface area contributed by atoms with Crippen LogP contribution >= 0.6 is 27.7 Å². The molecule has 1 unspecified atom stereocenters. The van der Waals surface area contributed by atoms with E-state index in [1.165, 1.54) is 17.8 Å². The van der Waals surface area contributed by atoms with Crippen LogP contribution in [0.2, 0.25) is 0 Å². The van der Waals surface area contributed by atoms with Gasteiger partial charge in [0.05, 0.1) is 16.7 Å². The van der Waals surface area contributed by atoms with E-state index in [2.05, 4.69) is 21.2 Å². The Morgan fingerprint density at radius 2 is 2.05 bits per heavy atom. The fourth-order valence-electron chi connectivity index (χ4n) is 1.60. The molecule has 0 saturated carbocycles. The second-order valence-electron chi connectivity index (χ2n) is 4.81.